The highest BCUT2D eigenvalue weighted by Crippen LogP contribution is 2.41. The smallest absolute Gasteiger partial charge is 0.0274 e. The number of rotatable bonds is 5. The van der Waals surface area contributed by atoms with Crippen LogP contribution in [-0.4, -0.2) is 36.6 Å². The van der Waals surface area contributed by atoms with E-state index in [1.807, 2.05) is 0 Å². The first-order chi connectivity index (χ1) is 8.58. The van der Waals surface area contributed by atoms with Crippen molar-refractivity contribution in [3.8, 4) is 0 Å². The lowest BCUT2D eigenvalue weighted by atomic mass is 9.86. The van der Waals surface area contributed by atoms with Crippen LogP contribution in [0.15, 0.2) is 0 Å². The van der Waals surface area contributed by atoms with Crippen LogP contribution in [0.3, 0.4) is 0 Å². The van der Waals surface area contributed by atoms with Gasteiger partial charge in [-0.2, -0.15) is 0 Å². The van der Waals surface area contributed by atoms with E-state index in [0.29, 0.717) is 11.5 Å². The van der Waals surface area contributed by atoms with E-state index in [-0.39, 0.29) is 0 Å². The minimum atomic E-state index is 0.476. The fourth-order valence-corrected chi connectivity index (χ4v) is 4.20. The maximum atomic E-state index is 3.77. The van der Waals surface area contributed by atoms with Gasteiger partial charge < -0.3 is 5.32 Å². The molecule has 1 N–H and O–H groups in total. The van der Waals surface area contributed by atoms with Crippen molar-refractivity contribution < 1.29 is 0 Å². The summed E-state index contributed by atoms with van der Waals surface area (Å²) in [6.45, 7) is 13.3. The minimum absolute atomic E-state index is 0.476. The molecule has 2 rings (SSSR count). The first-order valence-corrected chi connectivity index (χ1v) is 8.06. The van der Waals surface area contributed by atoms with Gasteiger partial charge in [-0.25, -0.2) is 0 Å². The van der Waals surface area contributed by atoms with Crippen molar-refractivity contribution in [3.05, 3.63) is 0 Å². The number of nitrogens with one attached hydrogen (secondary N) is 1. The molecule has 1 aliphatic heterocycles. The third-order valence-corrected chi connectivity index (χ3v) is 5.22. The first-order valence-electron chi connectivity index (χ1n) is 8.06. The molecule has 1 saturated carbocycles. The summed E-state index contributed by atoms with van der Waals surface area (Å²) in [7, 11) is 0. The van der Waals surface area contributed by atoms with E-state index in [4.69, 9.17) is 0 Å². The van der Waals surface area contributed by atoms with E-state index in [9.17, 15) is 0 Å². The quantitative estimate of drug-likeness (QED) is 0.808. The summed E-state index contributed by atoms with van der Waals surface area (Å²) in [4.78, 5) is 2.79. The molecule has 3 unspecified atom stereocenters. The number of hydrogen-bond acceptors (Lipinski definition) is 2. The van der Waals surface area contributed by atoms with E-state index in [0.717, 1.165) is 18.5 Å². The average molecular weight is 252 g/mol. The van der Waals surface area contributed by atoms with Gasteiger partial charge in [-0.3, -0.25) is 4.90 Å². The highest BCUT2D eigenvalue weighted by Gasteiger charge is 2.45. The van der Waals surface area contributed by atoms with Crippen molar-refractivity contribution in [2.75, 3.05) is 19.6 Å². The van der Waals surface area contributed by atoms with Crippen molar-refractivity contribution in [1.29, 1.82) is 0 Å². The summed E-state index contributed by atoms with van der Waals surface area (Å²) in [5.74, 6) is 0.973. The molecule has 0 aromatic carbocycles. The molecule has 2 heteroatoms. The largest absolute Gasteiger partial charge is 0.312 e. The topological polar surface area (TPSA) is 15.3 Å². The van der Waals surface area contributed by atoms with Crippen LogP contribution in [0, 0.1) is 11.3 Å². The Morgan fingerprint density at radius 2 is 2.00 bits per heavy atom. The van der Waals surface area contributed by atoms with Crippen LogP contribution >= 0.6 is 0 Å². The minimum Gasteiger partial charge on any atom is -0.312 e. The molecule has 2 nitrogen and oxygen atoms in total. The zero-order chi connectivity index (χ0) is 13.2. The van der Waals surface area contributed by atoms with Gasteiger partial charge in [-0.15, -0.1) is 0 Å². The molecule has 0 amide bonds. The number of likely N-dealkylation sites (tertiary alicyclic amines) is 1. The zero-order valence-electron chi connectivity index (χ0n) is 12.8. The van der Waals surface area contributed by atoms with E-state index >= 15 is 0 Å². The normalized spacial score (nSPS) is 36.3. The lowest BCUT2D eigenvalue weighted by Gasteiger charge is -2.36. The van der Waals surface area contributed by atoms with Crippen molar-refractivity contribution >= 4 is 0 Å². The lowest BCUT2D eigenvalue weighted by Crippen LogP contribution is -2.51. The molecule has 1 aliphatic carbocycles. The van der Waals surface area contributed by atoms with Gasteiger partial charge in [0.05, 0.1) is 0 Å². The van der Waals surface area contributed by atoms with Crippen LogP contribution in [0.4, 0.5) is 0 Å². The zero-order valence-corrected chi connectivity index (χ0v) is 12.8. The molecular formula is C16H32N2. The Labute approximate surface area is 114 Å². The van der Waals surface area contributed by atoms with Crippen LogP contribution in [0.5, 0.6) is 0 Å². The molecule has 0 aromatic rings. The predicted molar refractivity (Wildman–Crippen MR) is 78.9 cm³/mol. The Bertz CT molecular complexity index is 262. The summed E-state index contributed by atoms with van der Waals surface area (Å²) in [6.07, 6.45) is 6.99. The molecule has 3 atom stereocenters. The summed E-state index contributed by atoms with van der Waals surface area (Å²) >= 11 is 0. The standard InChI is InChI=1S/C16H32N2/c1-5-7-13-9-11-18(12-13)14-8-10-16(3,4)15(14)17-6-2/h13-15,17H,5-12H2,1-4H3. The molecule has 0 spiro atoms. The van der Waals surface area contributed by atoms with Crippen LogP contribution < -0.4 is 5.32 Å². The van der Waals surface area contributed by atoms with Gasteiger partial charge in [-0.05, 0) is 50.1 Å². The highest BCUT2D eigenvalue weighted by molar-refractivity contribution is 5.02. The Hall–Kier alpha value is -0.0800. The monoisotopic (exact) mass is 252 g/mol. The Morgan fingerprint density at radius 3 is 2.67 bits per heavy atom. The SMILES string of the molecule is CCCC1CCN(C2CCC(C)(C)C2NCC)C1. The molecule has 106 valence electrons. The summed E-state index contributed by atoms with van der Waals surface area (Å²) < 4.78 is 0. The molecular weight excluding hydrogens is 220 g/mol. The molecule has 1 heterocycles. The molecule has 0 radical (unpaired) electrons. The van der Waals surface area contributed by atoms with Crippen molar-refractivity contribution in [2.45, 2.75) is 71.9 Å². The van der Waals surface area contributed by atoms with Crippen molar-refractivity contribution in [1.82, 2.24) is 10.2 Å². The van der Waals surface area contributed by atoms with Gasteiger partial charge in [0.1, 0.15) is 0 Å². The van der Waals surface area contributed by atoms with Gasteiger partial charge in [0, 0.05) is 18.6 Å². The predicted octanol–water partition coefficient (Wildman–Crippen LogP) is 3.28. The van der Waals surface area contributed by atoms with Crippen molar-refractivity contribution in [2.24, 2.45) is 11.3 Å². The highest BCUT2D eigenvalue weighted by atomic mass is 15.2. The third-order valence-electron chi connectivity index (χ3n) is 5.22. The van der Waals surface area contributed by atoms with Crippen LogP contribution in [0.2, 0.25) is 0 Å². The fourth-order valence-electron chi connectivity index (χ4n) is 4.20. The lowest BCUT2D eigenvalue weighted by molar-refractivity contribution is 0.166. The van der Waals surface area contributed by atoms with Gasteiger partial charge in [-0.1, -0.05) is 34.1 Å². The average Bonchev–Trinajstić information content (AvgIpc) is 2.87. The molecule has 1 saturated heterocycles. The molecule has 2 fully saturated rings. The van der Waals surface area contributed by atoms with Gasteiger partial charge >= 0.3 is 0 Å². The maximum absolute atomic E-state index is 3.77. The van der Waals surface area contributed by atoms with E-state index in [1.54, 1.807) is 0 Å². The van der Waals surface area contributed by atoms with Crippen LogP contribution in [0.25, 0.3) is 0 Å². The first kappa shape index (κ1) is 14.3. The molecule has 0 bridgehead atoms. The molecule has 18 heavy (non-hydrogen) atoms. The van der Waals surface area contributed by atoms with Gasteiger partial charge in [0.2, 0.25) is 0 Å². The second kappa shape index (κ2) is 5.92. The summed E-state index contributed by atoms with van der Waals surface area (Å²) in [5, 5.41) is 3.77. The van der Waals surface area contributed by atoms with Gasteiger partial charge in [0.25, 0.3) is 0 Å². The summed E-state index contributed by atoms with van der Waals surface area (Å²) in [6, 6.07) is 1.49. The number of likely N-dealkylation sites (N-methyl/N-ethyl adjacent to an activating group) is 1. The van der Waals surface area contributed by atoms with Crippen molar-refractivity contribution in [3.63, 3.8) is 0 Å². The number of hydrogen-bond donors (Lipinski definition) is 1. The fraction of sp³-hybridized carbons (Fsp3) is 1.00. The third kappa shape index (κ3) is 2.91. The van der Waals surface area contributed by atoms with Crippen LogP contribution in [-0.2, 0) is 0 Å². The second-order valence-corrected chi connectivity index (χ2v) is 7.07. The molecule has 0 aromatic heterocycles. The number of nitrogens with zero attached hydrogens (tertiary/aromatic N) is 1. The Kier molecular flexibility index (Phi) is 4.71. The van der Waals surface area contributed by atoms with Gasteiger partial charge in [0.15, 0.2) is 0 Å². The maximum Gasteiger partial charge on any atom is 0.0274 e. The second-order valence-electron chi connectivity index (χ2n) is 7.07. The van der Waals surface area contributed by atoms with Crippen LogP contribution in [0.1, 0.15) is 59.8 Å². The summed E-state index contributed by atoms with van der Waals surface area (Å²) in [5.41, 5.74) is 0.476. The van der Waals surface area contributed by atoms with E-state index < -0.39 is 0 Å². The Balaban J connectivity index is 1.96. The Morgan fingerprint density at radius 1 is 1.22 bits per heavy atom. The van der Waals surface area contributed by atoms with E-state index in [1.165, 1.54) is 45.2 Å². The van der Waals surface area contributed by atoms with E-state index in [2.05, 4.69) is 37.9 Å². The molecule has 2 aliphatic rings.